The fourth-order valence-corrected chi connectivity index (χ4v) is 5.69. The maximum Gasteiger partial charge on any atom is 0.322 e. The standard InChI is InChI=1S/C24H28N4O5/c1-5-28-14-23(21(30)32-3)18(16-10-6-8-12-25-16)27(2)19(17-11-7-9-13-26-17)24(15-28,20(23)29)22(31)33-4/h6-13,18-19H,5,14-15H2,1-4H3/t18-,19+,23-,24+. The van der Waals surface area contributed by atoms with Gasteiger partial charge in [-0.3, -0.25) is 29.3 Å². The van der Waals surface area contributed by atoms with E-state index >= 15 is 0 Å². The number of ketones is 1. The molecule has 0 radical (unpaired) electrons. The fourth-order valence-electron chi connectivity index (χ4n) is 5.69. The molecule has 2 bridgehead atoms. The van der Waals surface area contributed by atoms with E-state index < -0.39 is 40.6 Å². The summed E-state index contributed by atoms with van der Waals surface area (Å²) in [6.45, 7) is 2.66. The van der Waals surface area contributed by atoms with Gasteiger partial charge in [0.15, 0.2) is 16.6 Å². The first-order valence-corrected chi connectivity index (χ1v) is 10.9. The van der Waals surface area contributed by atoms with Gasteiger partial charge in [-0.05, 0) is 37.9 Å². The number of carbonyl (C=O) groups excluding carboxylic acids is 3. The molecule has 33 heavy (non-hydrogen) atoms. The lowest BCUT2D eigenvalue weighted by Gasteiger charge is -2.60. The molecule has 4 heterocycles. The lowest BCUT2D eigenvalue weighted by molar-refractivity contribution is -0.203. The third-order valence-corrected chi connectivity index (χ3v) is 6.99. The zero-order valence-corrected chi connectivity index (χ0v) is 19.2. The van der Waals surface area contributed by atoms with Gasteiger partial charge in [0.05, 0.1) is 37.7 Å². The highest BCUT2D eigenvalue weighted by Gasteiger charge is 2.75. The molecular formula is C24H28N4O5. The summed E-state index contributed by atoms with van der Waals surface area (Å²) in [5, 5.41) is 0. The van der Waals surface area contributed by atoms with Crippen molar-refractivity contribution >= 4 is 17.7 Å². The summed E-state index contributed by atoms with van der Waals surface area (Å²) >= 11 is 0. The summed E-state index contributed by atoms with van der Waals surface area (Å²) in [5.41, 5.74) is -2.27. The first kappa shape index (κ1) is 23.0. The number of methoxy groups -OCH3 is 2. The Bertz CT molecular complexity index is 970. The van der Waals surface area contributed by atoms with E-state index in [0.29, 0.717) is 17.9 Å². The highest BCUT2D eigenvalue weighted by Crippen LogP contribution is 2.60. The zero-order chi connectivity index (χ0) is 23.8. The van der Waals surface area contributed by atoms with Gasteiger partial charge in [-0.25, -0.2) is 0 Å². The summed E-state index contributed by atoms with van der Waals surface area (Å²) in [4.78, 5) is 54.3. The number of likely N-dealkylation sites (tertiary alicyclic amines) is 2. The van der Waals surface area contributed by atoms with E-state index in [4.69, 9.17) is 9.47 Å². The molecule has 0 saturated carbocycles. The summed E-state index contributed by atoms with van der Waals surface area (Å²) < 4.78 is 10.4. The second kappa shape index (κ2) is 8.64. The van der Waals surface area contributed by atoms with Gasteiger partial charge in [-0.2, -0.15) is 0 Å². The van der Waals surface area contributed by atoms with Crippen LogP contribution < -0.4 is 0 Å². The number of Topliss-reactive ketones (excluding diaryl/α,β-unsaturated/α-hetero) is 1. The molecular weight excluding hydrogens is 424 g/mol. The molecule has 2 fully saturated rings. The fraction of sp³-hybridized carbons (Fsp3) is 0.458. The largest absolute Gasteiger partial charge is 0.468 e. The van der Waals surface area contributed by atoms with Crippen LogP contribution in [0.4, 0.5) is 0 Å². The van der Waals surface area contributed by atoms with Crippen molar-refractivity contribution in [3.8, 4) is 0 Å². The van der Waals surface area contributed by atoms with E-state index in [0.717, 1.165) is 0 Å². The normalized spacial score (nSPS) is 30.0. The van der Waals surface area contributed by atoms with E-state index in [1.54, 1.807) is 43.7 Å². The van der Waals surface area contributed by atoms with Crippen LogP contribution in [0.5, 0.6) is 0 Å². The van der Waals surface area contributed by atoms with E-state index in [1.165, 1.54) is 14.2 Å². The molecule has 9 heteroatoms. The van der Waals surface area contributed by atoms with Crippen molar-refractivity contribution in [2.45, 2.75) is 19.0 Å². The summed E-state index contributed by atoms with van der Waals surface area (Å²) in [6, 6.07) is 9.17. The average Bonchev–Trinajstić information content (AvgIpc) is 2.85. The van der Waals surface area contributed by atoms with Crippen molar-refractivity contribution in [2.75, 3.05) is 40.9 Å². The number of hydrogen-bond acceptors (Lipinski definition) is 9. The van der Waals surface area contributed by atoms with Crippen LogP contribution in [-0.4, -0.2) is 78.4 Å². The summed E-state index contributed by atoms with van der Waals surface area (Å²) in [7, 11) is 4.31. The summed E-state index contributed by atoms with van der Waals surface area (Å²) in [6.07, 6.45) is 3.24. The number of nitrogens with zero attached hydrogens (tertiary/aromatic N) is 4. The van der Waals surface area contributed by atoms with Crippen LogP contribution in [0.3, 0.4) is 0 Å². The minimum atomic E-state index is -1.68. The van der Waals surface area contributed by atoms with Gasteiger partial charge in [0, 0.05) is 25.5 Å². The molecule has 9 nitrogen and oxygen atoms in total. The number of pyridine rings is 2. The van der Waals surface area contributed by atoms with Crippen molar-refractivity contribution in [2.24, 2.45) is 10.8 Å². The number of piperidine rings is 2. The topological polar surface area (TPSA) is 102 Å². The first-order chi connectivity index (χ1) is 15.9. The van der Waals surface area contributed by atoms with Crippen molar-refractivity contribution < 1.29 is 23.9 Å². The van der Waals surface area contributed by atoms with Gasteiger partial charge in [-0.15, -0.1) is 0 Å². The predicted molar refractivity (Wildman–Crippen MR) is 118 cm³/mol. The second-order valence-electron chi connectivity index (χ2n) is 8.54. The lowest BCUT2D eigenvalue weighted by atomic mass is 9.54. The van der Waals surface area contributed by atoms with E-state index in [2.05, 4.69) is 9.97 Å². The maximum absolute atomic E-state index is 14.5. The number of esters is 2. The number of rotatable bonds is 5. The Labute approximate surface area is 192 Å². The summed E-state index contributed by atoms with van der Waals surface area (Å²) in [5.74, 6) is -1.90. The molecule has 2 saturated heterocycles. The number of carbonyl (C=O) groups is 3. The van der Waals surface area contributed by atoms with Gasteiger partial charge in [0.1, 0.15) is 0 Å². The number of aromatic nitrogens is 2. The van der Waals surface area contributed by atoms with Crippen molar-refractivity contribution in [3.63, 3.8) is 0 Å². The molecule has 0 unspecified atom stereocenters. The molecule has 4 atom stereocenters. The highest BCUT2D eigenvalue weighted by molar-refractivity contribution is 6.17. The predicted octanol–water partition coefficient (Wildman–Crippen LogP) is 1.43. The molecule has 0 amide bonds. The van der Waals surface area contributed by atoms with Crippen LogP contribution in [0, 0.1) is 10.8 Å². The molecule has 2 aromatic rings. The Morgan fingerprint density at radius 3 is 1.73 bits per heavy atom. The Morgan fingerprint density at radius 2 is 1.39 bits per heavy atom. The van der Waals surface area contributed by atoms with Gasteiger partial charge >= 0.3 is 11.9 Å². The molecule has 2 aromatic heterocycles. The minimum absolute atomic E-state index is 0.105. The van der Waals surface area contributed by atoms with E-state index in [9.17, 15) is 14.4 Å². The van der Waals surface area contributed by atoms with Crippen molar-refractivity contribution in [3.05, 3.63) is 60.2 Å². The smallest absolute Gasteiger partial charge is 0.322 e. The number of hydrogen-bond donors (Lipinski definition) is 0. The van der Waals surface area contributed by atoms with Crippen LogP contribution in [0.25, 0.3) is 0 Å². The van der Waals surface area contributed by atoms with Crippen molar-refractivity contribution in [1.82, 2.24) is 19.8 Å². The Morgan fingerprint density at radius 1 is 0.939 bits per heavy atom. The third kappa shape index (κ3) is 3.18. The highest BCUT2D eigenvalue weighted by atomic mass is 16.5. The zero-order valence-electron chi connectivity index (χ0n) is 19.2. The van der Waals surface area contributed by atoms with Gasteiger partial charge in [0.2, 0.25) is 0 Å². The van der Waals surface area contributed by atoms with E-state index in [-0.39, 0.29) is 13.1 Å². The molecule has 4 rings (SSSR count). The van der Waals surface area contributed by atoms with Crippen LogP contribution in [0.1, 0.15) is 30.4 Å². The van der Waals surface area contributed by atoms with E-state index in [1.807, 2.05) is 28.9 Å². The maximum atomic E-state index is 14.5. The van der Waals surface area contributed by atoms with Gasteiger partial charge in [0.25, 0.3) is 0 Å². The quantitative estimate of drug-likeness (QED) is 0.492. The molecule has 2 aliphatic rings. The molecule has 2 aliphatic heterocycles. The Kier molecular flexibility index (Phi) is 6.02. The molecule has 0 aromatic carbocycles. The number of fused-ring (bicyclic) bond motifs is 2. The third-order valence-electron chi connectivity index (χ3n) is 6.99. The van der Waals surface area contributed by atoms with Gasteiger partial charge < -0.3 is 14.4 Å². The molecule has 174 valence electrons. The minimum Gasteiger partial charge on any atom is -0.468 e. The van der Waals surface area contributed by atoms with Gasteiger partial charge in [-0.1, -0.05) is 19.1 Å². The lowest BCUT2D eigenvalue weighted by Crippen LogP contribution is -2.75. The molecule has 0 aliphatic carbocycles. The first-order valence-electron chi connectivity index (χ1n) is 10.9. The van der Waals surface area contributed by atoms with Crippen LogP contribution in [0.2, 0.25) is 0 Å². The van der Waals surface area contributed by atoms with Crippen LogP contribution in [0.15, 0.2) is 48.8 Å². The second-order valence-corrected chi connectivity index (χ2v) is 8.54. The molecule has 0 spiro atoms. The SMILES string of the molecule is CCN1C[C@@]2(C(=O)OC)C(=O)[C@@](C(=O)OC)(C1)[C@@H](c1ccccn1)N(C)[C@H]2c1ccccn1. The van der Waals surface area contributed by atoms with Crippen molar-refractivity contribution in [1.29, 1.82) is 0 Å². The molecule has 0 N–H and O–H groups in total. The number of ether oxygens (including phenoxy) is 2. The Hall–Kier alpha value is -3.17. The average molecular weight is 453 g/mol. The Balaban J connectivity index is 2.08. The van der Waals surface area contributed by atoms with Crippen LogP contribution in [-0.2, 0) is 23.9 Å². The van der Waals surface area contributed by atoms with Crippen LogP contribution >= 0.6 is 0 Å². The monoisotopic (exact) mass is 452 g/mol.